The number of rotatable bonds is 4. The number of hydrogen-bond donors (Lipinski definition) is 2. The maximum atomic E-state index is 12.4. The number of carbonyl (C=O) groups is 2. The molecule has 1 amide bonds. The molecule has 0 radical (unpaired) electrons. The average molecular weight is 330 g/mol. The predicted molar refractivity (Wildman–Crippen MR) is 82.0 cm³/mol. The Bertz CT molecular complexity index is 554. The second kappa shape index (κ2) is 6.67. The van der Waals surface area contributed by atoms with Gasteiger partial charge in [-0.2, -0.15) is 0 Å². The van der Waals surface area contributed by atoms with Crippen molar-refractivity contribution in [3.8, 4) is 0 Å². The first kappa shape index (κ1) is 16.1. The third kappa shape index (κ3) is 4.11. The van der Waals surface area contributed by atoms with Crippen LogP contribution in [0.5, 0.6) is 0 Å². The molecule has 0 heterocycles. The lowest BCUT2D eigenvalue weighted by molar-refractivity contribution is -0.139. The monoisotopic (exact) mass is 329 g/mol. The molecular formula is C15H17Cl2NO3. The highest BCUT2D eigenvalue weighted by molar-refractivity contribution is 6.36. The predicted octanol–water partition coefficient (Wildman–Crippen LogP) is 3.90. The molecule has 0 bridgehead atoms. The first-order valence-corrected chi connectivity index (χ1v) is 7.67. The number of benzene rings is 1. The quantitative estimate of drug-likeness (QED) is 0.880. The van der Waals surface area contributed by atoms with Crippen LogP contribution in [0.1, 0.15) is 48.9 Å². The standard InChI is InChI=1S/C15H17Cl2NO3/c16-10-4-5-11(12(17)8-10)14(21)18-15(9-13(19)20)6-2-1-3-7-15/h4-5,8H,1-3,6-7,9H2,(H,18,21)(H,19,20). The highest BCUT2D eigenvalue weighted by Gasteiger charge is 2.36. The minimum absolute atomic E-state index is 0.0655. The minimum atomic E-state index is -0.903. The molecule has 2 rings (SSSR count). The van der Waals surface area contributed by atoms with Crippen molar-refractivity contribution < 1.29 is 14.7 Å². The van der Waals surface area contributed by atoms with Crippen molar-refractivity contribution in [1.29, 1.82) is 0 Å². The Labute approximate surface area is 133 Å². The van der Waals surface area contributed by atoms with Gasteiger partial charge in [0.1, 0.15) is 0 Å². The summed E-state index contributed by atoms with van der Waals surface area (Å²) in [5.41, 5.74) is -0.360. The fourth-order valence-corrected chi connectivity index (χ4v) is 3.34. The van der Waals surface area contributed by atoms with Crippen LogP contribution in [0.4, 0.5) is 0 Å². The highest BCUT2D eigenvalue weighted by Crippen LogP contribution is 2.32. The molecule has 1 aliphatic rings. The number of halogens is 2. The van der Waals surface area contributed by atoms with Gasteiger partial charge in [-0.25, -0.2) is 0 Å². The normalized spacial score (nSPS) is 17.2. The molecule has 1 fully saturated rings. The van der Waals surface area contributed by atoms with Crippen LogP contribution in [-0.2, 0) is 4.79 Å². The summed E-state index contributed by atoms with van der Waals surface area (Å²) in [5.74, 6) is -1.25. The summed E-state index contributed by atoms with van der Waals surface area (Å²) >= 11 is 11.8. The number of hydrogen-bond acceptors (Lipinski definition) is 2. The van der Waals surface area contributed by atoms with Gasteiger partial charge in [-0.15, -0.1) is 0 Å². The minimum Gasteiger partial charge on any atom is -0.481 e. The molecule has 1 aromatic rings. The number of nitrogens with one attached hydrogen (secondary N) is 1. The summed E-state index contributed by atoms with van der Waals surface area (Å²) < 4.78 is 0. The largest absolute Gasteiger partial charge is 0.481 e. The number of carbonyl (C=O) groups excluding carboxylic acids is 1. The molecule has 1 aromatic carbocycles. The van der Waals surface area contributed by atoms with Gasteiger partial charge in [0.05, 0.1) is 22.5 Å². The molecule has 0 saturated heterocycles. The van der Waals surface area contributed by atoms with Crippen LogP contribution >= 0.6 is 23.2 Å². The molecule has 114 valence electrons. The van der Waals surface area contributed by atoms with Crippen LogP contribution in [0.2, 0.25) is 10.0 Å². The lowest BCUT2D eigenvalue weighted by atomic mass is 9.79. The zero-order valence-corrected chi connectivity index (χ0v) is 13.0. The summed E-state index contributed by atoms with van der Waals surface area (Å²) in [6.07, 6.45) is 4.19. The summed E-state index contributed by atoms with van der Waals surface area (Å²) in [6.45, 7) is 0. The Balaban J connectivity index is 2.19. The molecule has 0 spiro atoms. The van der Waals surface area contributed by atoms with E-state index >= 15 is 0 Å². The summed E-state index contributed by atoms with van der Waals surface area (Å²) in [4.78, 5) is 23.5. The van der Waals surface area contributed by atoms with Crippen LogP contribution in [0, 0.1) is 0 Å². The van der Waals surface area contributed by atoms with Gasteiger partial charge in [-0.1, -0.05) is 42.5 Å². The maximum absolute atomic E-state index is 12.4. The van der Waals surface area contributed by atoms with Crippen LogP contribution in [0.15, 0.2) is 18.2 Å². The van der Waals surface area contributed by atoms with Crippen molar-refractivity contribution in [2.45, 2.75) is 44.1 Å². The van der Waals surface area contributed by atoms with E-state index in [1.165, 1.54) is 6.07 Å². The van der Waals surface area contributed by atoms with E-state index in [1.807, 2.05) is 0 Å². The third-order valence-corrected chi connectivity index (χ3v) is 4.40. The van der Waals surface area contributed by atoms with Gasteiger partial charge >= 0.3 is 5.97 Å². The molecule has 6 heteroatoms. The van der Waals surface area contributed by atoms with E-state index in [4.69, 9.17) is 28.3 Å². The first-order valence-electron chi connectivity index (χ1n) is 6.91. The van der Waals surface area contributed by atoms with Crippen molar-refractivity contribution >= 4 is 35.1 Å². The molecule has 4 nitrogen and oxygen atoms in total. The van der Waals surface area contributed by atoms with E-state index in [2.05, 4.69) is 5.32 Å². The third-order valence-electron chi connectivity index (χ3n) is 3.85. The van der Waals surface area contributed by atoms with Crippen molar-refractivity contribution in [3.63, 3.8) is 0 Å². The Morgan fingerprint density at radius 1 is 1.19 bits per heavy atom. The van der Waals surface area contributed by atoms with E-state index in [1.54, 1.807) is 12.1 Å². The second-order valence-corrected chi connectivity index (χ2v) is 6.33. The van der Waals surface area contributed by atoms with Gasteiger partial charge in [0.25, 0.3) is 5.91 Å². The molecule has 21 heavy (non-hydrogen) atoms. The smallest absolute Gasteiger partial charge is 0.305 e. The lowest BCUT2D eigenvalue weighted by Gasteiger charge is -2.37. The summed E-state index contributed by atoms with van der Waals surface area (Å²) in [5, 5.41) is 12.7. The molecule has 2 N–H and O–H groups in total. The van der Waals surface area contributed by atoms with Crippen LogP contribution in [-0.4, -0.2) is 22.5 Å². The van der Waals surface area contributed by atoms with Crippen molar-refractivity contribution in [1.82, 2.24) is 5.32 Å². The molecule has 1 aliphatic carbocycles. The van der Waals surface area contributed by atoms with E-state index in [0.717, 1.165) is 19.3 Å². The summed E-state index contributed by atoms with van der Waals surface area (Å²) in [6, 6.07) is 4.65. The molecule has 1 saturated carbocycles. The number of carboxylic acids is 1. The van der Waals surface area contributed by atoms with E-state index in [0.29, 0.717) is 23.4 Å². The Morgan fingerprint density at radius 2 is 1.86 bits per heavy atom. The molecule has 0 atom stereocenters. The Kier molecular flexibility index (Phi) is 5.12. The van der Waals surface area contributed by atoms with Crippen molar-refractivity contribution in [3.05, 3.63) is 33.8 Å². The van der Waals surface area contributed by atoms with Crippen LogP contribution in [0.25, 0.3) is 0 Å². The van der Waals surface area contributed by atoms with Gasteiger partial charge in [0, 0.05) is 5.02 Å². The fraction of sp³-hybridized carbons (Fsp3) is 0.467. The number of carboxylic acid groups (broad SMARTS) is 1. The fourth-order valence-electron chi connectivity index (χ4n) is 2.85. The van der Waals surface area contributed by atoms with Gasteiger partial charge < -0.3 is 10.4 Å². The SMILES string of the molecule is O=C(O)CC1(NC(=O)c2ccc(Cl)cc2Cl)CCCCC1. The van der Waals surface area contributed by atoms with E-state index in [9.17, 15) is 9.59 Å². The van der Waals surface area contributed by atoms with E-state index < -0.39 is 11.5 Å². The molecule has 0 aliphatic heterocycles. The van der Waals surface area contributed by atoms with Crippen molar-refractivity contribution in [2.24, 2.45) is 0 Å². The maximum Gasteiger partial charge on any atom is 0.305 e. The Hall–Kier alpha value is -1.26. The van der Waals surface area contributed by atoms with Crippen LogP contribution in [0.3, 0.4) is 0 Å². The molecule has 0 aromatic heterocycles. The Morgan fingerprint density at radius 3 is 2.43 bits per heavy atom. The summed E-state index contributed by atoms with van der Waals surface area (Å²) in [7, 11) is 0. The second-order valence-electron chi connectivity index (χ2n) is 5.49. The topological polar surface area (TPSA) is 66.4 Å². The van der Waals surface area contributed by atoms with Gasteiger partial charge in [-0.05, 0) is 31.0 Å². The highest BCUT2D eigenvalue weighted by atomic mass is 35.5. The molecule has 0 unspecified atom stereocenters. The van der Waals surface area contributed by atoms with E-state index in [-0.39, 0.29) is 17.4 Å². The van der Waals surface area contributed by atoms with Gasteiger partial charge in [0.2, 0.25) is 0 Å². The van der Waals surface area contributed by atoms with Gasteiger partial charge in [0.15, 0.2) is 0 Å². The number of amides is 1. The molecular weight excluding hydrogens is 313 g/mol. The zero-order valence-electron chi connectivity index (χ0n) is 11.5. The zero-order chi connectivity index (χ0) is 15.5. The first-order chi connectivity index (χ1) is 9.92. The average Bonchev–Trinajstić information content (AvgIpc) is 2.38. The number of aliphatic carboxylic acids is 1. The van der Waals surface area contributed by atoms with Crippen molar-refractivity contribution in [2.75, 3.05) is 0 Å². The lowest BCUT2D eigenvalue weighted by Crippen LogP contribution is -2.51. The van der Waals surface area contributed by atoms with Crippen LogP contribution < -0.4 is 5.32 Å². The van der Waals surface area contributed by atoms with Gasteiger partial charge in [-0.3, -0.25) is 9.59 Å².